The van der Waals surface area contributed by atoms with E-state index in [1.54, 1.807) is 0 Å². The summed E-state index contributed by atoms with van der Waals surface area (Å²) in [6.45, 7) is 4.27. The summed E-state index contributed by atoms with van der Waals surface area (Å²) in [5.41, 5.74) is 0.532. The maximum absolute atomic E-state index is 13.1. The average molecular weight is 393 g/mol. The predicted octanol–water partition coefficient (Wildman–Crippen LogP) is 3.47. The fourth-order valence-corrected chi connectivity index (χ4v) is 3.62. The van der Waals surface area contributed by atoms with E-state index < -0.39 is 11.9 Å². The monoisotopic (exact) mass is 393 g/mol. The zero-order chi connectivity index (χ0) is 20.1. The van der Waals surface area contributed by atoms with Gasteiger partial charge in [0.05, 0.1) is 6.54 Å². The van der Waals surface area contributed by atoms with Crippen molar-refractivity contribution < 1.29 is 13.2 Å². The molecule has 1 N–H and O–H groups in total. The Hall–Kier alpha value is -2.51. The highest BCUT2D eigenvalue weighted by Crippen LogP contribution is 2.31. The molecule has 0 spiro atoms. The Labute approximate surface area is 163 Å². The van der Waals surface area contributed by atoms with Crippen LogP contribution in [0.5, 0.6) is 0 Å². The van der Waals surface area contributed by atoms with Crippen LogP contribution < -0.4 is 5.32 Å². The number of aryl methyl sites for hydroxylation is 1. The molecule has 0 radical (unpaired) electrons. The van der Waals surface area contributed by atoms with Gasteiger partial charge in [0.1, 0.15) is 0 Å². The molecule has 8 heteroatoms. The molecule has 28 heavy (non-hydrogen) atoms. The van der Waals surface area contributed by atoms with E-state index in [9.17, 15) is 13.2 Å². The quantitative estimate of drug-likeness (QED) is 0.625. The number of alkyl halides is 3. The highest BCUT2D eigenvalue weighted by molar-refractivity contribution is 5.80. The van der Waals surface area contributed by atoms with Crippen LogP contribution in [0.15, 0.2) is 41.5 Å². The first-order chi connectivity index (χ1) is 13.4. The van der Waals surface area contributed by atoms with Crippen LogP contribution in [0, 0.1) is 5.92 Å². The highest BCUT2D eigenvalue weighted by atomic mass is 19.4. The predicted molar refractivity (Wildman–Crippen MR) is 103 cm³/mol. The summed E-state index contributed by atoms with van der Waals surface area (Å²) in [7, 11) is 1.49. The summed E-state index contributed by atoms with van der Waals surface area (Å²) < 4.78 is 40.6. The Morgan fingerprint density at radius 3 is 2.71 bits per heavy atom. The third-order valence-electron chi connectivity index (χ3n) is 4.86. The van der Waals surface area contributed by atoms with Crippen molar-refractivity contribution in [3.63, 3.8) is 0 Å². The van der Waals surface area contributed by atoms with E-state index in [0.29, 0.717) is 18.4 Å². The number of halogens is 3. The number of guanidine groups is 1. The number of nitrogens with one attached hydrogen (secondary N) is 1. The van der Waals surface area contributed by atoms with Gasteiger partial charge in [-0.05, 0) is 31.2 Å². The normalized spacial score (nSPS) is 18.0. The summed E-state index contributed by atoms with van der Waals surface area (Å²) in [6, 6.07) is 10.3. The minimum absolute atomic E-state index is 0.0507. The molecule has 1 aliphatic heterocycles. The van der Waals surface area contributed by atoms with E-state index in [-0.39, 0.29) is 12.1 Å². The molecule has 1 atom stereocenters. The maximum Gasteiger partial charge on any atom is 0.435 e. The van der Waals surface area contributed by atoms with E-state index in [4.69, 9.17) is 0 Å². The second-order valence-corrected chi connectivity index (χ2v) is 7.13. The molecule has 152 valence electrons. The van der Waals surface area contributed by atoms with Gasteiger partial charge in [0.25, 0.3) is 0 Å². The number of hydrogen-bond acceptors (Lipinski definition) is 2. The van der Waals surface area contributed by atoms with Gasteiger partial charge in [0, 0.05) is 38.4 Å². The summed E-state index contributed by atoms with van der Waals surface area (Å²) in [4.78, 5) is 6.61. The van der Waals surface area contributed by atoms with Crippen LogP contribution in [0.2, 0.25) is 0 Å². The maximum atomic E-state index is 13.1. The van der Waals surface area contributed by atoms with Crippen LogP contribution >= 0.6 is 0 Å². The Morgan fingerprint density at radius 2 is 2.04 bits per heavy atom. The zero-order valence-corrected chi connectivity index (χ0v) is 16.2. The summed E-state index contributed by atoms with van der Waals surface area (Å²) in [5.74, 6) is 1.17. The van der Waals surface area contributed by atoms with Crippen molar-refractivity contribution in [3.05, 3.63) is 53.3 Å². The fourth-order valence-electron chi connectivity index (χ4n) is 3.62. The lowest BCUT2D eigenvalue weighted by Gasteiger charge is -2.21. The second-order valence-electron chi connectivity index (χ2n) is 7.13. The Morgan fingerprint density at radius 1 is 1.29 bits per heavy atom. The van der Waals surface area contributed by atoms with Crippen molar-refractivity contribution in [2.24, 2.45) is 18.0 Å². The van der Waals surface area contributed by atoms with Gasteiger partial charge in [0.2, 0.25) is 0 Å². The van der Waals surface area contributed by atoms with Gasteiger partial charge in [0.15, 0.2) is 11.7 Å². The summed E-state index contributed by atoms with van der Waals surface area (Å²) >= 11 is 0. The molecule has 0 saturated carbocycles. The van der Waals surface area contributed by atoms with E-state index in [2.05, 4.69) is 32.4 Å². The van der Waals surface area contributed by atoms with E-state index in [1.165, 1.54) is 23.5 Å². The van der Waals surface area contributed by atoms with Crippen LogP contribution in [-0.2, 0) is 26.2 Å². The highest BCUT2D eigenvalue weighted by Gasteiger charge is 2.37. The first-order valence-electron chi connectivity index (χ1n) is 9.53. The molecule has 5 nitrogen and oxygen atoms in total. The van der Waals surface area contributed by atoms with Gasteiger partial charge >= 0.3 is 6.18 Å². The molecule has 3 rings (SSSR count). The summed E-state index contributed by atoms with van der Waals surface area (Å²) in [5, 5.41) is 6.76. The van der Waals surface area contributed by atoms with E-state index in [0.717, 1.165) is 25.9 Å². The number of aromatic nitrogens is 2. The molecule has 1 aromatic heterocycles. The third-order valence-corrected chi connectivity index (χ3v) is 4.86. The lowest BCUT2D eigenvalue weighted by molar-refractivity contribution is -0.142. The molecule has 1 aliphatic rings. The molecule has 0 amide bonds. The second kappa shape index (κ2) is 8.67. The number of aliphatic imine (C=N–C) groups is 1. The van der Waals surface area contributed by atoms with Crippen LogP contribution in [-0.4, -0.2) is 40.3 Å². The van der Waals surface area contributed by atoms with E-state index in [1.807, 2.05) is 25.1 Å². The van der Waals surface area contributed by atoms with Crippen LogP contribution in [0.1, 0.15) is 30.2 Å². The molecule has 0 bridgehead atoms. The Balaban J connectivity index is 1.68. The Bertz CT molecular complexity index is 798. The number of rotatable bonds is 5. The largest absolute Gasteiger partial charge is 0.435 e. The lowest BCUT2D eigenvalue weighted by atomic mass is 9.99. The molecule has 1 aromatic carbocycles. The van der Waals surface area contributed by atoms with E-state index >= 15 is 0 Å². The van der Waals surface area contributed by atoms with Crippen molar-refractivity contribution in [2.45, 2.75) is 32.5 Å². The average Bonchev–Trinajstić information content (AvgIpc) is 3.26. The van der Waals surface area contributed by atoms with Gasteiger partial charge in [-0.1, -0.05) is 30.3 Å². The van der Waals surface area contributed by atoms with Crippen molar-refractivity contribution in [2.75, 3.05) is 19.6 Å². The first kappa shape index (κ1) is 20.2. The minimum atomic E-state index is -4.47. The lowest BCUT2D eigenvalue weighted by Crippen LogP contribution is -2.40. The molecule has 2 aromatic rings. The SMILES string of the molecule is CCNC(=NCc1cn(C)nc1C(F)(F)F)N1CCC(Cc2ccccc2)C1. The number of nitrogens with zero attached hydrogens (tertiary/aromatic N) is 4. The van der Waals surface area contributed by atoms with Crippen molar-refractivity contribution >= 4 is 5.96 Å². The molecule has 1 unspecified atom stereocenters. The van der Waals surface area contributed by atoms with Crippen molar-refractivity contribution in [1.29, 1.82) is 0 Å². The standard InChI is InChI=1S/C20H26F3N5/c1-3-24-19(25-12-17-14-27(2)26-18(17)20(21,22)23)28-10-9-16(13-28)11-15-7-5-4-6-8-15/h4-8,14,16H,3,9-13H2,1-2H3,(H,24,25). The molecule has 2 heterocycles. The number of likely N-dealkylation sites (tertiary alicyclic amines) is 1. The smallest absolute Gasteiger partial charge is 0.357 e. The van der Waals surface area contributed by atoms with Crippen molar-refractivity contribution in [3.8, 4) is 0 Å². The minimum Gasteiger partial charge on any atom is -0.357 e. The Kier molecular flexibility index (Phi) is 6.26. The van der Waals surface area contributed by atoms with Gasteiger partial charge in [-0.15, -0.1) is 0 Å². The van der Waals surface area contributed by atoms with Crippen LogP contribution in [0.4, 0.5) is 13.2 Å². The number of benzene rings is 1. The van der Waals surface area contributed by atoms with Gasteiger partial charge in [-0.3, -0.25) is 4.68 Å². The van der Waals surface area contributed by atoms with Gasteiger partial charge < -0.3 is 10.2 Å². The molecule has 1 saturated heterocycles. The van der Waals surface area contributed by atoms with Crippen LogP contribution in [0.25, 0.3) is 0 Å². The number of hydrogen-bond donors (Lipinski definition) is 1. The summed E-state index contributed by atoms with van der Waals surface area (Å²) in [6.07, 6.45) is -1.05. The molecule has 1 fully saturated rings. The van der Waals surface area contributed by atoms with Crippen molar-refractivity contribution in [1.82, 2.24) is 20.0 Å². The molecule has 0 aliphatic carbocycles. The van der Waals surface area contributed by atoms with Gasteiger partial charge in [-0.2, -0.15) is 18.3 Å². The third kappa shape index (κ3) is 5.05. The van der Waals surface area contributed by atoms with Gasteiger partial charge in [-0.25, -0.2) is 4.99 Å². The zero-order valence-electron chi connectivity index (χ0n) is 16.2. The molecular formula is C20H26F3N5. The molecular weight excluding hydrogens is 367 g/mol. The topological polar surface area (TPSA) is 45.5 Å². The fraction of sp³-hybridized carbons (Fsp3) is 0.500. The first-order valence-corrected chi connectivity index (χ1v) is 9.53. The van der Waals surface area contributed by atoms with Crippen LogP contribution in [0.3, 0.4) is 0 Å².